The summed E-state index contributed by atoms with van der Waals surface area (Å²) in [6.07, 6.45) is 7.33. The lowest BCUT2D eigenvalue weighted by molar-refractivity contribution is 0.0697. The van der Waals surface area contributed by atoms with E-state index < -0.39 is 5.97 Å². The molecule has 0 unspecified atom stereocenters. The van der Waals surface area contributed by atoms with Gasteiger partial charge in [0.1, 0.15) is 5.82 Å². The van der Waals surface area contributed by atoms with Crippen LogP contribution in [0.3, 0.4) is 0 Å². The number of carboxylic acid groups (broad SMARTS) is 1. The lowest BCUT2D eigenvalue weighted by atomic mass is 10.1. The van der Waals surface area contributed by atoms with Gasteiger partial charge in [-0.05, 0) is 24.6 Å². The number of rotatable bonds is 5. The molecular formula is C21H18N4O2. The summed E-state index contributed by atoms with van der Waals surface area (Å²) in [5, 5.41) is 13.9. The number of hydrogen-bond donors (Lipinski definition) is 1. The van der Waals surface area contributed by atoms with Crippen molar-refractivity contribution in [2.75, 3.05) is 0 Å². The van der Waals surface area contributed by atoms with E-state index in [9.17, 15) is 9.90 Å². The highest BCUT2D eigenvalue weighted by Crippen LogP contribution is 2.23. The molecule has 2 aromatic carbocycles. The minimum Gasteiger partial charge on any atom is -0.478 e. The van der Waals surface area contributed by atoms with Crippen LogP contribution in [0.4, 0.5) is 0 Å². The third-order valence-corrected chi connectivity index (χ3v) is 4.47. The van der Waals surface area contributed by atoms with Crippen molar-refractivity contribution in [1.29, 1.82) is 0 Å². The van der Waals surface area contributed by atoms with Crippen molar-refractivity contribution in [3.05, 3.63) is 90.0 Å². The predicted octanol–water partition coefficient (Wildman–Crippen LogP) is 3.79. The molecule has 0 aliphatic rings. The summed E-state index contributed by atoms with van der Waals surface area (Å²) in [5.41, 5.74) is 4.02. The summed E-state index contributed by atoms with van der Waals surface area (Å²) in [6, 6.07) is 15.0. The Morgan fingerprint density at radius 3 is 2.70 bits per heavy atom. The van der Waals surface area contributed by atoms with Gasteiger partial charge in [-0.1, -0.05) is 36.4 Å². The number of carbonyl (C=O) groups is 1. The number of carboxylic acids is 1. The summed E-state index contributed by atoms with van der Waals surface area (Å²) < 4.78 is 3.79. The lowest BCUT2D eigenvalue weighted by Gasteiger charge is -2.09. The van der Waals surface area contributed by atoms with E-state index in [4.69, 9.17) is 0 Å². The molecule has 0 aliphatic heterocycles. The molecule has 4 rings (SSSR count). The average molecular weight is 358 g/mol. The molecule has 0 amide bonds. The van der Waals surface area contributed by atoms with Gasteiger partial charge in [-0.2, -0.15) is 5.10 Å². The third kappa shape index (κ3) is 3.25. The van der Waals surface area contributed by atoms with E-state index in [1.807, 2.05) is 65.1 Å². The van der Waals surface area contributed by atoms with Gasteiger partial charge in [-0.15, -0.1) is 0 Å². The first-order chi connectivity index (χ1) is 13.1. The van der Waals surface area contributed by atoms with E-state index >= 15 is 0 Å². The summed E-state index contributed by atoms with van der Waals surface area (Å²) in [7, 11) is 0. The van der Waals surface area contributed by atoms with Crippen LogP contribution in [0.15, 0.2) is 73.3 Å². The SMILES string of the molecule is Cc1ccccc1-n1cc(Cn2ccnc2-c2ccccc2C(=O)O)cn1. The van der Waals surface area contributed by atoms with Crippen LogP contribution in [-0.2, 0) is 6.54 Å². The zero-order chi connectivity index (χ0) is 18.8. The maximum atomic E-state index is 11.5. The maximum absolute atomic E-state index is 11.5. The van der Waals surface area contributed by atoms with Crippen LogP contribution in [-0.4, -0.2) is 30.4 Å². The van der Waals surface area contributed by atoms with Crippen LogP contribution in [0.2, 0.25) is 0 Å². The van der Waals surface area contributed by atoms with E-state index in [-0.39, 0.29) is 5.56 Å². The van der Waals surface area contributed by atoms with Gasteiger partial charge in [0.05, 0.1) is 24.0 Å². The molecule has 0 bridgehead atoms. The number of aryl methyl sites for hydroxylation is 1. The molecule has 2 heterocycles. The van der Waals surface area contributed by atoms with Gasteiger partial charge in [0, 0.05) is 29.7 Å². The van der Waals surface area contributed by atoms with Crippen molar-refractivity contribution in [2.24, 2.45) is 0 Å². The minimum atomic E-state index is -0.965. The molecule has 0 fully saturated rings. The van der Waals surface area contributed by atoms with Gasteiger partial charge in [-0.3, -0.25) is 0 Å². The number of hydrogen-bond acceptors (Lipinski definition) is 3. The Bertz CT molecular complexity index is 1110. The maximum Gasteiger partial charge on any atom is 0.336 e. The van der Waals surface area contributed by atoms with Gasteiger partial charge >= 0.3 is 5.97 Å². The Labute approximate surface area is 156 Å². The highest BCUT2D eigenvalue weighted by Gasteiger charge is 2.15. The standard InChI is InChI=1S/C21H18N4O2/c1-15-6-2-5-9-19(15)25-14-16(12-23-25)13-24-11-10-22-20(24)17-7-3-4-8-18(17)21(26)27/h2-12,14H,13H2,1H3,(H,26,27). The molecule has 0 atom stereocenters. The molecule has 6 nitrogen and oxygen atoms in total. The van der Waals surface area contributed by atoms with Crippen LogP contribution in [0.1, 0.15) is 21.5 Å². The largest absolute Gasteiger partial charge is 0.478 e. The number of nitrogens with zero attached hydrogens (tertiary/aromatic N) is 4. The first-order valence-electron chi connectivity index (χ1n) is 8.57. The molecule has 6 heteroatoms. The highest BCUT2D eigenvalue weighted by molar-refractivity contribution is 5.95. The van der Waals surface area contributed by atoms with Crippen LogP contribution < -0.4 is 0 Å². The average Bonchev–Trinajstić information content (AvgIpc) is 3.32. The first-order valence-corrected chi connectivity index (χ1v) is 8.57. The fourth-order valence-corrected chi connectivity index (χ4v) is 3.14. The highest BCUT2D eigenvalue weighted by atomic mass is 16.4. The smallest absolute Gasteiger partial charge is 0.336 e. The molecule has 134 valence electrons. The monoisotopic (exact) mass is 358 g/mol. The van der Waals surface area contributed by atoms with Crippen molar-refractivity contribution in [1.82, 2.24) is 19.3 Å². The number of imidazole rings is 1. The summed E-state index contributed by atoms with van der Waals surface area (Å²) >= 11 is 0. The number of para-hydroxylation sites is 1. The van der Waals surface area contributed by atoms with Gasteiger partial charge in [0.15, 0.2) is 0 Å². The first kappa shape index (κ1) is 16.8. The second-order valence-corrected chi connectivity index (χ2v) is 6.31. The Kier molecular flexibility index (Phi) is 4.30. The number of benzene rings is 2. The molecule has 0 saturated heterocycles. The zero-order valence-corrected chi connectivity index (χ0v) is 14.8. The Hall–Kier alpha value is -3.67. The second-order valence-electron chi connectivity index (χ2n) is 6.31. The molecule has 27 heavy (non-hydrogen) atoms. The number of aromatic carboxylic acids is 1. The Morgan fingerprint density at radius 2 is 1.89 bits per heavy atom. The topological polar surface area (TPSA) is 72.9 Å². The molecule has 0 aliphatic carbocycles. The van der Waals surface area contributed by atoms with Gasteiger partial charge in [-0.25, -0.2) is 14.5 Å². The van der Waals surface area contributed by atoms with Crippen LogP contribution >= 0.6 is 0 Å². The molecule has 0 saturated carbocycles. The van der Waals surface area contributed by atoms with Crippen molar-refractivity contribution in [3.8, 4) is 17.1 Å². The third-order valence-electron chi connectivity index (χ3n) is 4.47. The quantitative estimate of drug-likeness (QED) is 0.589. The minimum absolute atomic E-state index is 0.237. The van der Waals surface area contributed by atoms with Crippen LogP contribution in [0.5, 0.6) is 0 Å². The van der Waals surface area contributed by atoms with Crippen molar-refractivity contribution in [2.45, 2.75) is 13.5 Å². The van der Waals surface area contributed by atoms with E-state index in [0.29, 0.717) is 17.9 Å². The lowest BCUT2D eigenvalue weighted by Crippen LogP contribution is -2.05. The summed E-state index contributed by atoms with van der Waals surface area (Å²) in [4.78, 5) is 15.9. The van der Waals surface area contributed by atoms with Crippen molar-refractivity contribution >= 4 is 5.97 Å². The Balaban J connectivity index is 1.66. The fraction of sp³-hybridized carbons (Fsp3) is 0.0952. The molecule has 1 N–H and O–H groups in total. The number of aromatic nitrogens is 4. The van der Waals surface area contributed by atoms with E-state index in [1.54, 1.807) is 24.4 Å². The van der Waals surface area contributed by atoms with E-state index in [1.165, 1.54) is 0 Å². The van der Waals surface area contributed by atoms with Gasteiger partial charge < -0.3 is 9.67 Å². The Morgan fingerprint density at radius 1 is 1.11 bits per heavy atom. The van der Waals surface area contributed by atoms with Crippen molar-refractivity contribution in [3.63, 3.8) is 0 Å². The molecule has 0 spiro atoms. The van der Waals surface area contributed by atoms with E-state index in [2.05, 4.69) is 10.1 Å². The zero-order valence-electron chi connectivity index (χ0n) is 14.8. The summed E-state index contributed by atoms with van der Waals surface area (Å²) in [6.45, 7) is 2.60. The van der Waals surface area contributed by atoms with Crippen molar-refractivity contribution < 1.29 is 9.90 Å². The fourth-order valence-electron chi connectivity index (χ4n) is 3.14. The predicted molar refractivity (Wildman–Crippen MR) is 102 cm³/mol. The van der Waals surface area contributed by atoms with Gasteiger partial charge in [0.25, 0.3) is 0 Å². The van der Waals surface area contributed by atoms with Gasteiger partial charge in [0.2, 0.25) is 0 Å². The normalized spacial score (nSPS) is 10.9. The molecule has 2 aromatic heterocycles. The van der Waals surface area contributed by atoms with Crippen LogP contribution in [0.25, 0.3) is 17.1 Å². The second kappa shape index (κ2) is 6.92. The summed E-state index contributed by atoms with van der Waals surface area (Å²) in [5.74, 6) is -0.343. The van der Waals surface area contributed by atoms with E-state index in [0.717, 1.165) is 16.8 Å². The molecular weight excluding hydrogens is 340 g/mol. The van der Waals surface area contributed by atoms with Crippen LogP contribution in [0, 0.1) is 6.92 Å². The molecule has 4 aromatic rings. The molecule has 0 radical (unpaired) electrons.